The number of nitrogens with zero attached hydrogens (tertiary/aromatic N) is 2. The predicted molar refractivity (Wildman–Crippen MR) is 95.7 cm³/mol. The molecule has 0 amide bonds. The van der Waals surface area contributed by atoms with Crippen LogP contribution >= 0.6 is 47.2 Å². The smallest absolute Gasteiger partial charge is 0.307 e. The molecule has 0 aliphatic rings. The summed E-state index contributed by atoms with van der Waals surface area (Å²) in [4.78, 5) is 15.0. The number of rotatable bonds is 5. The lowest BCUT2D eigenvalue weighted by molar-refractivity contribution is -0.140. The molecule has 0 saturated heterocycles. The van der Waals surface area contributed by atoms with Crippen LogP contribution < -0.4 is 10.6 Å². The number of nitrogens with one attached hydrogen (secondary N) is 2. The van der Waals surface area contributed by atoms with Gasteiger partial charge in [0, 0.05) is 26.3 Å². The fourth-order valence-corrected chi connectivity index (χ4v) is 1.95. The largest absolute Gasteiger partial charge is 0.469 e. The SMILES string of the molecule is CN=C(NCCC(=O)OC)NCc1cc(Cl)c(Cl)n1C.I. The fourth-order valence-electron chi connectivity index (χ4n) is 1.54. The Labute approximate surface area is 151 Å². The van der Waals surface area contributed by atoms with E-state index in [1.807, 2.05) is 7.05 Å². The Morgan fingerprint density at radius 2 is 2.10 bits per heavy atom. The number of aromatic nitrogens is 1. The Morgan fingerprint density at radius 3 is 2.57 bits per heavy atom. The lowest BCUT2D eigenvalue weighted by atomic mass is 10.4. The van der Waals surface area contributed by atoms with Gasteiger partial charge in [0.1, 0.15) is 5.15 Å². The molecule has 0 radical (unpaired) electrons. The van der Waals surface area contributed by atoms with Gasteiger partial charge in [0.05, 0.1) is 25.1 Å². The van der Waals surface area contributed by atoms with Crippen molar-refractivity contribution in [1.29, 1.82) is 0 Å². The molecule has 0 atom stereocenters. The highest BCUT2D eigenvalue weighted by molar-refractivity contribution is 14.0. The van der Waals surface area contributed by atoms with Gasteiger partial charge in [-0.15, -0.1) is 24.0 Å². The summed E-state index contributed by atoms with van der Waals surface area (Å²) in [5, 5.41) is 7.13. The summed E-state index contributed by atoms with van der Waals surface area (Å²) >= 11 is 11.9. The molecule has 1 heterocycles. The van der Waals surface area contributed by atoms with Crippen molar-refractivity contribution >= 4 is 59.1 Å². The molecule has 2 N–H and O–H groups in total. The molecule has 6 nitrogen and oxygen atoms in total. The number of methoxy groups -OCH3 is 1. The first-order valence-corrected chi connectivity index (χ1v) is 6.76. The normalized spacial score (nSPS) is 10.8. The Hall–Kier alpha value is -0.670. The topological polar surface area (TPSA) is 67.7 Å². The van der Waals surface area contributed by atoms with Crippen LogP contribution in [0, 0.1) is 0 Å². The van der Waals surface area contributed by atoms with E-state index in [1.165, 1.54) is 7.11 Å². The van der Waals surface area contributed by atoms with E-state index in [0.717, 1.165) is 5.69 Å². The van der Waals surface area contributed by atoms with Crippen molar-refractivity contribution in [2.45, 2.75) is 13.0 Å². The zero-order chi connectivity index (χ0) is 15.1. The number of guanidine groups is 1. The average molecular weight is 449 g/mol. The number of carbonyl (C=O) groups excluding carboxylic acids is 1. The van der Waals surface area contributed by atoms with E-state index in [2.05, 4.69) is 20.4 Å². The van der Waals surface area contributed by atoms with Gasteiger partial charge in [-0.2, -0.15) is 0 Å². The number of hydrogen-bond acceptors (Lipinski definition) is 3. The third-order valence-electron chi connectivity index (χ3n) is 2.73. The van der Waals surface area contributed by atoms with Gasteiger partial charge in [-0.3, -0.25) is 9.79 Å². The molecule has 0 aliphatic carbocycles. The van der Waals surface area contributed by atoms with Gasteiger partial charge in [0.25, 0.3) is 0 Å². The highest BCUT2D eigenvalue weighted by Gasteiger charge is 2.09. The van der Waals surface area contributed by atoms with Gasteiger partial charge in [0.2, 0.25) is 0 Å². The second-order valence-corrected chi connectivity index (χ2v) is 4.78. The summed E-state index contributed by atoms with van der Waals surface area (Å²) in [5.41, 5.74) is 0.927. The molecule has 0 fully saturated rings. The maximum Gasteiger partial charge on any atom is 0.307 e. The van der Waals surface area contributed by atoms with Crippen LogP contribution in [-0.4, -0.2) is 37.2 Å². The minimum absolute atomic E-state index is 0. The molecule has 0 aromatic carbocycles. The minimum Gasteiger partial charge on any atom is -0.469 e. The summed E-state index contributed by atoms with van der Waals surface area (Å²) in [6, 6.07) is 1.79. The highest BCUT2D eigenvalue weighted by atomic mass is 127. The van der Waals surface area contributed by atoms with Crippen molar-refractivity contribution in [2.75, 3.05) is 20.7 Å². The molecule has 1 rings (SSSR count). The first-order valence-electron chi connectivity index (χ1n) is 6.00. The summed E-state index contributed by atoms with van der Waals surface area (Å²) in [5.74, 6) is 0.316. The molecule has 1 aromatic heterocycles. The summed E-state index contributed by atoms with van der Waals surface area (Å²) in [6.07, 6.45) is 0.277. The summed E-state index contributed by atoms with van der Waals surface area (Å²) in [6.45, 7) is 0.960. The first-order chi connectivity index (χ1) is 9.49. The van der Waals surface area contributed by atoms with Crippen molar-refractivity contribution in [1.82, 2.24) is 15.2 Å². The van der Waals surface area contributed by atoms with E-state index in [-0.39, 0.29) is 36.4 Å². The maximum atomic E-state index is 11.0. The molecular weight excluding hydrogens is 430 g/mol. The number of hydrogen-bond donors (Lipinski definition) is 2. The molecule has 0 saturated carbocycles. The van der Waals surface area contributed by atoms with Crippen LogP contribution in [0.1, 0.15) is 12.1 Å². The van der Waals surface area contributed by atoms with E-state index in [4.69, 9.17) is 23.2 Å². The van der Waals surface area contributed by atoms with Gasteiger partial charge in [0.15, 0.2) is 5.96 Å². The molecule has 0 unspecified atom stereocenters. The maximum absolute atomic E-state index is 11.0. The standard InChI is InChI=1S/C12H18Cl2N4O2.HI/c1-15-12(16-5-4-10(19)20-3)17-7-8-6-9(13)11(14)18(8)2;/h6H,4-5,7H2,1-3H3,(H2,15,16,17);1H. The Bertz CT molecular complexity index is 506. The van der Waals surface area contributed by atoms with Crippen LogP contribution in [0.5, 0.6) is 0 Å². The molecule has 0 spiro atoms. The van der Waals surface area contributed by atoms with Gasteiger partial charge in [-0.05, 0) is 6.07 Å². The zero-order valence-corrected chi connectivity index (χ0v) is 15.9. The second-order valence-electron chi connectivity index (χ2n) is 4.01. The zero-order valence-electron chi connectivity index (χ0n) is 12.1. The quantitative estimate of drug-likeness (QED) is 0.313. The van der Waals surface area contributed by atoms with Gasteiger partial charge in [-0.1, -0.05) is 23.2 Å². The Morgan fingerprint density at radius 1 is 1.43 bits per heavy atom. The first kappa shape index (κ1) is 20.3. The second kappa shape index (κ2) is 10.1. The van der Waals surface area contributed by atoms with Crippen LogP contribution in [0.2, 0.25) is 10.2 Å². The van der Waals surface area contributed by atoms with Gasteiger partial charge >= 0.3 is 5.97 Å². The van der Waals surface area contributed by atoms with Crippen molar-refractivity contribution in [3.05, 3.63) is 21.9 Å². The highest BCUT2D eigenvalue weighted by Crippen LogP contribution is 2.24. The van der Waals surface area contributed by atoms with E-state index >= 15 is 0 Å². The number of carbonyl (C=O) groups is 1. The monoisotopic (exact) mass is 448 g/mol. The lowest BCUT2D eigenvalue weighted by Gasteiger charge is -2.12. The third-order valence-corrected chi connectivity index (χ3v) is 3.57. The van der Waals surface area contributed by atoms with Gasteiger partial charge < -0.3 is 19.9 Å². The van der Waals surface area contributed by atoms with Crippen LogP contribution in [0.3, 0.4) is 0 Å². The molecule has 1 aromatic rings. The lowest BCUT2D eigenvalue weighted by Crippen LogP contribution is -2.38. The molecule has 21 heavy (non-hydrogen) atoms. The Kier molecular flexibility index (Phi) is 9.80. The van der Waals surface area contributed by atoms with Crippen molar-refractivity contribution in [3.63, 3.8) is 0 Å². The van der Waals surface area contributed by atoms with Crippen LogP contribution in [-0.2, 0) is 23.1 Å². The van der Waals surface area contributed by atoms with Crippen molar-refractivity contribution < 1.29 is 9.53 Å². The molecule has 0 aliphatic heterocycles. The van der Waals surface area contributed by atoms with E-state index < -0.39 is 0 Å². The molecule has 120 valence electrons. The summed E-state index contributed by atoms with van der Waals surface area (Å²) < 4.78 is 6.35. The number of ether oxygens (including phenoxy) is 1. The van der Waals surface area contributed by atoms with E-state index in [1.54, 1.807) is 17.7 Å². The molecule has 9 heteroatoms. The fraction of sp³-hybridized carbons (Fsp3) is 0.500. The number of halogens is 3. The number of aliphatic imine (C=N–C) groups is 1. The van der Waals surface area contributed by atoms with Crippen LogP contribution in [0.4, 0.5) is 0 Å². The Balaban J connectivity index is 0.00000400. The molecular formula is C12H19Cl2IN4O2. The average Bonchev–Trinajstić information content (AvgIpc) is 2.69. The minimum atomic E-state index is -0.269. The predicted octanol–water partition coefficient (Wildman–Crippen LogP) is 2.18. The number of esters is 1. The van der Waals surface area contributed by atoms with Crippen molar-refractivity contribution in [3.8, 4) is 0 Å². The van der Waals surface area contributed by atoms with E-state index in [0.29, 0.717) is 29.2 Å². The van der Waals surface area contributed by atoms with Crippen LogP contribution in [0.25, 0.3) is 0 Å². The third kappa shape index (κ3) is 6.31. The van der Waals surface area contributed by atoms with Crippen LogP contribution in [0.15, 0.2) is 11.1 Å². The van der Waals surface area contributed by atoms with Gasteiger partial charge in [-0.25, -0.2) is 0 Å². The summed E-state index contributed by atoms with van der Waals surface area (Å²) in [7, 11) is 4.84. The molecule has 0 bridgehead atoms. The van der Waals surface area contributed by atoms with Crippen molar-refractivity contribution in [2.24, 2.45) is 12.0 Å². The van der Waals surface area contributed by atoms with E-state index in [9.17, 15) is 4.79 Å².